The predicted molar refractivity (Wildman–Crippen MR) is 56.7 cm³/mol. The second-order valence-electron chi connectivity index (χ2n) is 2.23. The van der Waals surface area contributed by atoms with E-state index in [1.54, 1.807) is 6.07 Å². The summed E-state index contributed by atoms with van der Waals surface area (Å²) in [6.45, 7) is 1.43. The van der Waals surface area contributed by atoms with Crippen LogP contribution in [-0.4, -0.2) is 27.1 Å². The summed E-state index contributed by atoms with van der Waals surface area (Å²) in [6, 6.07) is 4.31. The molecule has 0 aliphatic carbocycles. The molecule has 1 heterocycles. The van der Waals surface area contributed by atoms with Crippen molar-refractivity contribution in [3.05, 3.63) is 29.6 Å². The van der Waals surface area contributed by atoms with Crippen LogP contribution in [0.4, 0.5) is 0 Å². The van der Waals surface area contributed by atoms with E-state index >= 15 is 0 Å². The van der Waals surface area contributed by atoms with Gasteiger partial charge in [0.2, 0.25) is 0 Å². The molecule has 0 unspecified atom stereocenters. The molecule has 0 fully saturated rings. The van der Waals surface area contributed by atoms with E-state index in [9.17, 15) is 9.59 Å². The zero-order valence-corrected chi connectivity index (χ0v) is 9.06. The summed E-state index contributed by atoms with van der Waals surface area (Å²) in [5.74, 6) is -2.63. The maximum Gasteiger partial charge on any atom is 0.355 e. The minimum Gasteiger partial charge on any atom is -0.478 e. The number of hydrogen-bond acceptors (Lipinski definition) is 4. The Labute approximate surface area is 97.6 Å². The van der Waals surface area contributed by atoms with Gasteiger partial charge in [0.25, 0.3) is 0 Å². The molecule has 0 saturated heterocycles. The lowest BCUT2D eigenvalue weighted by molar-refractivity contribution is 0.0646. The standard InChI is InChI=1S/C7H5NO4.C2H3N.ClH/c9-6(10)4-2-1-3-8-5(4)7(11)12;1-2-3;/h1-3H,(H,9,10)(H,11,12);1H3;1H. The monoisotopic (exact) mass is 244 g/mol. The van der Waals surface area contributed by atoms with E-state index in [2.05, 4.69) is 4.98 Å². The van der Waals surface area contributed by atoms with Crippen LogP contribution in [0.3, 0.4) is 0 Å². The van der Waals surface area contributed by atoms with Crippen LogP contribution >= 0.6 is 12.4 Å². The summed E-state index contributed by atoms with van der Waals surface area (Å²) in [5.41, 5.74) is -0.741. The van der Waals surface area contributed by atoms with Crippen molar-refractivity contribution in [3.8, 4) is 6.07 Å². The highest BCUT2D eigenvalue weighted by atomic mass is 35.5. The number of nitriles is 1. The van der Waals surface area contributed by atoms with Crippen LogP contribution in [0.2, 0.25) is 0 Å². The maximum absolute atomic E-state index is 10.4. The van der Waals surface area contributed by atoms with E-state index in [-0.39, 0.29) is 18.0 Å². The molecule has 2 N–H and O–H groups in total. The van der Waals surface area contributed by atoms with Gasteiger partial charge in [-0.25, -0.2) is 14.6 Å². The molecule has 0 amide bonds. The lowest BCUT2D eigenvalue weighted by atomic mass is 10.2. The number of halogens is 1. The summed E-state index contributed by atoms with van der Waals surface area (Å²) in [4.78, 5) is 24.2. The first-order valence-electron chi connectivity index (χ1n) is 3.77. The fourth-order valence-electron chi connectivity index (χ4n) is 0.748. The van der Waals surface area contributed by atoms with E-state index in [1.807, 2.05) is 0 Å². The van der Waals surface area contributed by atoms with E-state index in [0.29, 0.717) is 0 Å². The molecule has 0 aliphatic heterocycles. The number of pyridine rings is 1. The molecule has 0 atom stereocenters. The molecule has 16 heavy (non-hydrogen) atoms. The van der Waals surface area contributed by atoms with Gasteiger partial charge in [0.15, 0.2) is 5.69 Å². The van der Waals surface area contributed by atoms with Gasteiger partial charge < -0.3 is 10.2 Å². The van der Waals surface area contributed by atoms with Crippen LogP contribution in [-0.2, 0) is 0 Å². The minimum atomic E-state index is -1.34. The number of rotatable bonds is 2. The number of carboxylic acid groups (broad SMARTS) is 2. The molecule has 7 heteroatoms. The zero-order chi connectivity index (χ0) is 11.8. The first-order chi connectivity index (χ1) is 7.04. The van der Waals surface area contributed by atoms with Crippen LogP contribution < -0.4 is 0 Å². The highest BCUT2D eigenvalue weighted by Crippen LogP contribution is 2.04. The van der Waals surface area contributed by atoms with Gasteiger partial charge in [-0.3, -0.25) is 0 Å². The van der Waals surface area contributed by atoms with E-state index in [0.717, 1.165) is 0 Å². The minimum absolute atomic E-state index is 0. The van der Waals surface area contributed by atoms with Crippen molar-refractivity contribution in [2.75, 3.05) is 0 Å². The summed E-state index contributed by atoms with van der Waals surface area (Å²) >= 11 is 0. The van der Waals surface area contributed by atoms with Crippen molar-refractivity contribution < 1.29 is 19.8 Å². The number of aromatic nitrogens is 1. The Morgan fingerprint density at radius 3 is 2.19 bits per heavy atom. The Hall–Kier alpha value is -2.13. The summed E-state index contributed by atoms with van der Waals surface area (Å²) in [7, 11) is 0. The van der Waals surface area contributed by atoms with Crippen molar-refractivity contribution >= 4 is 24.3 Å². The van der Waals surface area contributed by atoms with Gasteiger partial charge in [0.05, 0.1) is 11.6 Å². The molecular formula is C9H9ClN2O4. The third kappa shape index (κ3) is 4.93. The molecule has 1 aromatic rings. The summed E-state index contributed by atoms with van der Waals surface area (Å²) in [6.07, 6.45) is 1.23. The Balaban J connectivity index is 0. The Morgan fingerprint density at radius 2 is 1.88 bits per heavy atom. The smallest absolute Gasteiger partial charge is 0.355 e. The largest absolute Gasteiger partial charge is 0.478 e. The second kappa shape index (κ2) is 8.20. The van der Waals surface area contributed by atoms with Crippen molar-refractivity contribution in [1.82, 2.24) is 4.98 Å². The van der Waals surface area contributed by atoms with Crippen molar-refractivity contribution in [2.45, 2.75) is 6.92 Å². The second-order valence-corrected chi connectivity index (χ2v) is 2.23. The number of nitrogens with zero attached hydrogens (tertiary/aromatic N) is 2. The van der Waals surface area contributed by atoms with Crippen LogP contribution in [0.1, 0.15) is 27.8 Å². The van der Waals surface area contributed by atoms with E-state index < -0.39 is 17.6 Å². The Morgan fingerprint density at radius 1 is 1.38 bits per heavy atom. The molecule has 1 aromatic heterocycles. The van der Waals surface area contributed by atoms with E-state index in [4.69, 9.17) is 15.5 Å². The normalized spacial score (nSPS) is 7.50. The highest BCUT2D eigenvalue weighted by molar-refractivity contribution is 5.99. The van der Waals surface area contributed by atoms with Crippen molar-refractivity contribution in [1.29, 1.82) is 5.26 Å². The molecule has 0 aliphatic rings. The first-order valence-corrected chi connectivity index (χ1v) is 3.77. The van der Waals surface area contributed by atoms with Gasteiger partial charge in [0.1, 0.15) is 0 Å². The SMILES string of the molecule is CC#N.Cl.O=C(O)c1cccnc1C(=O)O. The lowest BCUT2D eigenvalue weighted by Crippen LogP contribution is -2.09. The van der Waals surface area contributed by atoms with E-state index in [1.165, 1.54) is 25.3 Å². The number of hydrogen-bond donors (Lipinski definition) is 2. The Bertz CT molecular complexity index is 381. The lowest BCUT2D eigenvalue weighted by Gasteiger charge is -1.97. The van der Waals surface area contributed by atoms with Gasteiger partial charge in [0, 0.05) is 13.1 Å². The molecule has 0 bridgehead atoms. The third-order valence-electron chi connectivity index (χ3n) is 1.24. The zero-order valence-electron chi connectivity index (χ0n) is 8.25. The molecule has 0 spiro atoms. The Kier molecular flexibility index (Phi) is 8.36. The predicted octanol–water partition coefficient (Wildman–Crippen LogP) is 1.43. The molecule has 1 rings (SSSR count). The van der Waals surface area contributed by atoms with Gasteiger partial charge in [-0.1, -0.05) is 0 Å². The summed E-state index contributed by atoms with van der Waals surface area (Å²) < 4.78 is 0. The fraction of sp³-hybridized carbons (Fsp3) is 0.111. The quantitative estimate of drug-likeness (QED) is 0.814. The van der Waals surface area contributed by atoms with Crippen molar-refractivity contribution in [3.63, 3.8) is 0 Å². The van der Waals surface area contributed by atoms with Crippen molar-refractivity contribution in [2.24, 2.45) is 0 Å². The van der Waals surface area contributed by atoms with Crippen LogP contribution in [0.25, 0.3) is 0 Å². The first kappa shape index (κ1) is 16.3. The van der Waals surface area contributed by atoms with Crippen LogP contribution in [0, 0.1) is 11.3 Å². The molecule has 0 aromatic carbocycles. The molecule has 0 radical (unpaired) electrons. The fourth-order valence-corrected chi connectivity index (χ4v) is 0.748. The van der Waals surface area contributed by atoms with Crippen LogP contribution in [0.5, 0.6) is 0 Å². The number of carbonyl (C=O) groups is 2. The van der Waals surface area contributed by atoms with Gasteiger partial charge in [-0.2, -0.15) is 5.26 Å². The van der Waals surface area contributed by atoms with Crippen LogP contribution in [0.15, 0.2) is 18.3 Å². The highest BCUT2D eigenvalue weighted by Gasteiger charge is 2.15. The topological polar surface area (TPSA) is 111 Å². The maximum atomic E-state index is 10.4. The summed E-state index contributed by atoms with van der Waals surface area (Å²) in [5, 5.41) is 24.3. The number of carboxylic acids is 2. The van der Waals surface area contributed by atoms with Gasteiger partial charge in [-0.15, -0.1) is 12.4 Å². The molecule has 0 saturated carbocycles. The molecule has 6 nitrogen and oxygen atoms in total. The third-order valence-corrected chi connectivity index (χ3v) is 1.24. The average Bonchev–Trinajstić information content (AvgIpc) is 2.19. The molecular weight excluding hydrogens is 236 g/mol. The van der Waals surface area contributed by atoms with Gasteiger partial charge >= 0.3 is 11.9 Å². The number of aromatic carboxylic acids is 2. The molecule has 86 valence electrons. The van der Waals surface area contributed by atoms with Gasteiger partial charge in [-0.05, 0) is 12.1 Å². The average molecular weight is 245 g/mol.